The van der Waals surface area contributed by atoms with Crippen LogP contribution in [0.15, 0.2) is 58.0 Å². The molecule has 12 heteroatoms. The number of benzene rings is 2. The zero-order chi connectivity index (χ0) is 21.8. The molecule has 30 heavy (non-hydrogen) atoms. The van der Waals surface area contributed by atoms with Crippen molar-refractivity contribution in [3.8, 4) is 11.3 Å². The summed E-state index contributed by atoms with van der Waals surface area (Å²) < 4.78 is 5.63. The van der Waals surface area contributed by atoms with E-state index < -0.39 is 26.1 Å². The zero-order valence-electron chi connectivity index (χ0n) is 15.3. The first-order chi connectivity index (χ1) is 14.3. The SMILES string of the molecule is Cc1cc([N+](=O)[O-])ccc1-c1ccc(C=NNc2ccc([N+](=O)[O-])cc2[N+](=O)[O-])o1. The average molecular weight is 411 g/mol. The third kappa shape index (κ3) is 4.27. The molecule has 152 valence electrons. The molecular weight excluding hydrogens is 398 g/mol. The summed E-state index contributed by atoms with van der Waals surface area (Å²) in [7, 11) is 0. The number of aryl methyl sites for hydroxylation is 1. The van der Waals surface area contributed by atoms with Crippen molar-refractivity contribution < 1.29 is 19.2 Å². The molecule has 0 unspecified atom stereocenters. The van der Waals surface area contributed by atoms with E-state index in [1.165, 1.54) is 24.4 Å². The van der Waals surface area contributed by atoms with E-state index in [1.54, 1.807) is 25.1 Å². The van der Waals surface area contributed by atoms with Crippen molar-refractivity contribution in [2.45, 2.75) is 6.92 Å². The number of non-ortho nitro benzene ring substituents is 2. The minimum atomic E-state index is -0.757. The second-order valence-corrected chi connectivity index (χ2v) is 6.04. The number of hydrogen-bond donors (Lipinski definition) is 1. The van der Waals surface area contributed by atoms with Crippen LogP contribution in [-0.4, -0.2) is 21.0 Å². The van der Waals surface area contributed by atoms with Gasteiger partial charge in [0, 0.05) is 23.8 Å². The van der Waals surface area contributed by atoms with Crippen LogP contribution in [0.4, 0.5) is 22.7 Å². The topological polar surface area (TPSA) is 167 Å². The summed E-state index contributed by atoms with van der Waals surface area (Å²) >= 11 is 0. The highest BCUT2D eigenvalue weighted by Gasteiger charge is 2.19. The molecule has 2 aromatic carbocycles. The lowest BCUT2D eigenvalue weighted by atomic mass is 10.1. The van der Waals surface area contributed by atoms with Crippen molar-refractivity contribution in [3.63, 3.8) is 0 Å². The Bertz CT molecular complexity index is 1190. The largest absolute Gasteiger partial charge is 0.455 e. The van der Waals surface area contributed by atoms with Gasteiger partial charge in [0.1, 0.15) is 17.2 Å². The highest BCUT2D eigenvalue weighted by molar-refractivity contribution is 5.79. The second kappa shape index (κ2) is 8.18. The Morgan fingerprint density at radius 1 is 0.900 bits per heavy atom. The second-order valence-electron chi connectivity index (χ2n) is 6.04. The molecule has 0 aliphatic heterocycles. The zero-order valence-corrected chi connectivity index (χ0v) is 15.3. The Morgan fingerprint density at radius 2 is 1.57 bits per heavy atom. The van der Waals surface area contributed by atoms with Crippen molar-refractivity contribution >= 4 is 29.0 Å². The van der Waals surface area contributed by atoms with E-state index in [1.807, 2.05) is 0 Å². The summed E-state index contributed by atoms with van der Waals surface area (Å²) in [4.78, 5) is 30.8. The van der Waals surface area contributed by atoms with Crippen LogP contribution < -0.4 is 5.43 Å². The lowest BCUT2D eigenvalue weighted by molar-refractivity contribution is -0.393. The minimum absolute atomic E-state index is 0.0279. The van der Waals surface area contributed by atoms with Gasteiger partial charge >= 0.3 is 5.69 Å². The lowest BCUT2D eigenvalue weighted by Gasteiger charge is -2.02. The van der Waals surface area contributed by atoms with E-state index in [0.717, 1.165) is 12.1 Å². The smallest absolute Gasteiger partial charge is 0.301 e. The predicted molar refractivity (Wildman–Crippen MR) is 107 cm³/mol. The maximum Gasteiger partial charge on any atom is 0.301 e. The van der Waals surface area contributed by atoms with Gasteiger partial charge in [-0.1, -0.05) is 0 Å². The van der Waals surface area contributed by atoms with E-state index in [2.05, 4.69) is 10.5 Å². The first-order valence-electron chi connectivity index (χ1n) is 8.33. The Morgan fingerprint density at radius 3 is 2.20 bits per heavy atom. The maximum atomic E-state index is 11.1. The Labute approximate surface area is 167 Å². The highest BCUT2D eigenvalue weighted by atomic mass is 16.6. The van der Waals surface area contributed by atoms with Gasteiger partial charge in [-0.3, -0.25) is 35.8 Å². The molecule has 12 nitrogen and oxygen atoms in total. The molecule has 0 spiro atoms. The predicted octanol–water partition coefficient (Wildman–Crippen LogP) is 4.43. The molecule has 0 amide bonds. The number of anilines is 1. The summed E-state index contributed by atoms with van der Waals surface area (Å²) in [5, 5.41) is 36.6. The standard InChI is InChI=1S/C18H13N5O7/c1-11-8-12(21(24)25)2-5-15(11)18-7-4-14(30-18)10-19-20-16-6-3-13(22(26)27)9-17(16)23(28)29/h2-10,20H,1H3. The van der Waals surface area contributed by atoms with Crippen LogP contribution in [0, 0.1) is 37.3 Å². The average Bonchev–Trinajstić information content (AvgIpc) is 3.16. The van der Waals surface area contributed by atoms with Crippen molar-refractivity contribution in [1.29, 1.82) is 0 Å². The number of nitro groups is 3. The van der Waals surface area contributed by atoms with E-state index in [-0.39, 0.29) is 11.4 Å². The van der Waals surface area contributed by atoms with Crippen molar-refractivity contribution in [1.82, 2.24) is 0 Å². The molecule has 0 fully saturated rings. The van der Waals surface area contributed by atoms with E-state index in [9.17, 15) is 30.3 Å². The van der Waals surface area contributed by atoms with Gasteiger partial charge in [-0.15, -0.1) is 0 Å². The molecule has 3 rings (SSSR count). The van der Waals surface area contributed by atoms with Gasteiger partial charge in [-0.2, -0.15) is 5.10 Å². The van der Waals surface area contributed by atoms with E-state index in [4.69, 9.17) is 4.42 Å². The van der Waals surface area contributed by atoms with Gasteiger partial charge < -0.3 is 4.42 Å². The van der Waals surface area contributed by atoms with Crippen LogP contribution in [0.3, 0.4) is 0 Å². The Kier molecular flexibility index (Phi) is 5.49. The quantitative estimate of drug-likeness (QED) is 0.338. The first kappa shape index (κ1) is 20.1. The molecule has 0 saturated carbocycles. The number of furan rings is 1. The fraction of sp³-hybridized carbons (Fsp3) is 0.0556. The minimum Gasteiger partial charge on any atom is -0.455 e. The summed E-state index contributed by atoms with van der Waals surface area (Å²) in [5.74, 6) is 0.782. The maximum absolute atomic E-state index is 11.1. The normalized spacial score (nSPS) is 10.8. The van der Waals surface area contributed by atoms with Crippen LogP contribution >= 0.6 is 0 Å². The fourth-order valence-corrected chi connectivity index (χ4v) is 2.65. The first-order valence-corrected chi connectivity index (χ1v) is 8.33. The number of nitrogens with one attached hydrogen (secondary N) is 1. The molecule has 0 aliphatic rings. The van der Waals surface area contributed by atoms with Gasteiger partial charge in [-0.25, -0.2) is 0 Å². The van der Waals surface area contributed by atoms with Gasteiger partial charge in [0.05, 0.1) is 27.1 Å². The molecule has 0 atom stereocenters. The van der Waals surface area contributed by atoms with Crippen LogP contribution in [-0.2, 0) is 0 Å². The molecule has 3 aromatic rings. The summed E-state index contributed by atoms with van der Waals surface area (Å²) in [5.41, 5.74) is 2.81. The molecule has 1 aromatic heterocycles. The molecule has 1 heterocycles. The number of hydrogen-bond acceptors (Lipinski definition) is 9. The third-order valence-corrected chi connectivity index (χ3v) is 4.08. The molecule has 0 saturated heterocycles. The van der Waals surface area contributed by atoms with Crippen molar-refractivity contribution in [2.24, 2.45) is 5.10 Å². The van der Waals surface area contributed by atoms with Gasteiger partial charge in [0.2, 0.25) is 0 Å². The van der Waals surface area contributed by atoms with Crippen LogP contribution in [0.1, 0.15) is 11.3 Å². The highest BCUT2D eigenvalue weighted by Crippen LogP contribution is 2.30. The van der Waals surface area contributed by atoms with Crippen LogP contribution in [0.25, 0.3) is 11.3 Å². The molecule has 0 aliphatic carbocycles. The molecule has 0 bridgehead atoms. The monoisotopic (exact) mass is 411 g/mol. The number of rotatable bonds is 7. The Hall–Kier alpha value is -4.61. The molecule has 1 N–H and O–H groups in total. The van der Waals surface area contributed by atoms with E-state index in [0.29, 0.717) is 22.6 Å². The van der Waals surface area contributed by atoms with Gasteiger partial charge in [0.15, 0.2) is 0 Å². The lowest BCUT2D eigenvalue weighted by Crippen LogP contribution is -1.98. The van der Waals surface area contributed by atoms with Gasteiger partial charge in [0.25, 0.3) is 11.4 Å². The van der Waals surface area contributed by atoms with Crippen LogP contribution in [0.5, 0.6) is 0 Å². The van der Waals surface area contributed by atoms with Crippen LogP contribution in [0.2, 0.25) is 0 Å². The third-order valence-electron chi connectivity index (χ3n) is 4.08. The van der Waals surface area contributed by atoms with Crippen molar-refractivity contribution in [3.05, 3.63) is 90.2 Å². The molecular formula is C18H13N5O7. The summed E-state index contributed by atoms with van der Waals surface area (Å²) in [6, 6.07) is 10.8. The molecule has 0 radical (unpaired) electrons. The fourth-order valence-electron chi connectivity index (χ4n) is 2.65. The Balaban J connectivity index is 1.78. The number of nitro benzene ring substituents is 3. The summed E-state index contributed by atoms with van der Waals surface area (Å²) in [6.45, 7) is 1.72. The number of hydrazone groups is 1. The van der Waals surface area contributed by atoms with Gasteiger partial charge in [-0.05, 0) is 36.8 Å². The summed E-state index contributed by atoms with van der Waals surface area (Å²) in [6.07, 6.45) is 1.27. The van der Waals surface area contributed by atoms with Crippen molar-refractivity contribution in [2.75, 3.05) is 5.43 Å². The van der Waals surface area contributed by atoms with E-state index >= 15 is 0 Å². The number of nitrogens with zero attached hydrogens (tertiary/aromatic N) is 4.